The normalized spacial score (nSPS) is 22.7. The average Bonchev–Trinajstić information content (AvgIpc) is 2.82. The van der Waals surface area contributed by atoms with Gasteiger partial charge in [-0.15, -0.1) is 0 Å². The Labute approximate surface area is 127 Å². The molecule has 0 radical (unpaired) electrons. The predicted molar refractivity (Wildman–Crippen MR) is 83.5 cm³/mol. The van der Waals surface area contributed by atoms with Crippen molar-refractivity contribution < 1.29 is 13.5 Å². The summed E-state index contributed by atoms with van der Waals surface area (Å²) < 4.78 is 27.7. The Bertz CT molecular complexity index is 610. The molecule has 4 nitrogen and oxygen atoms in total. The highest BCUT2D eigenvalue weighted by Crippen LogP contribution is 2.30. The van der Waals surface area contributed by atoms with Crippen molar-refractivity contribution in [2.75, 3.05) is 6.54 Å². The number of hydrogen-bond donors (Lipinski definition) is 2. The SMILES string of the molecule is Cc1cc(C)c(S(=O)(=O)NCC2CCC(C)C2)cc1CO. The van der Waals surface area contributed by atoms with Gasteiger partial charge in [0, 0.05) is 6.54 Å². The minimum atomic E-state index is -3.51. The number of aryl methyl sites for hydroxylation is 2. The number of nitrogens with one attached hydrogen (secondary N) is 1. The van der Waals surface area contributed by atoms with Crippen molar-refractivity contribution in [3.63, 3.8) is 0 Å². The summed E-state index contributed by atoms with van der Waals surface area (Å²) in [4.78, 5) is 0.281. The molecule has 0 spiro atoms. The largest absolute Gasteiger partial charge is 0.392 e. The van der Waals surface area contributed by atoms with E-state index < -0.39 is 10.0 Å². The average molecular weight is 311 g/mol. The van der Waals surface area contributed by atoms with Crippen LogP contribution in [0.25, 0.3) is 0 Å². The van der Waals surface area contributed by atoms with E-state index in [1.54, 1.807) is 13.0 Å². The van der Waals surface area contributed by atoms with Crippen molar-refractivity contribution in [3.8, 4) is 0 Å². The molecule has 0 bridgehead atoms. The van der Waals surface area contributed by atoms with E-state index in [-0.39, 0.29) is 11.5 Å². The molecule has 1 aromatic carbocycles. The van der Waals surface area contributed by atoms with Gasteiger partial charge in [-0.3, -0.25) is 0 Å². The maximum absolute atomic E-state index is 12.5. The number of rotatable bonds is 5. The standard InChI is InChI=1S/C16H25NO3S/c1-11-4-5-14(6-11)9-17-21(19,20)16-8-15(10-18)12(2)7-13(16)3/h7-8,11,14,17-18H,4-6,9-10H2,1-3H3. The summed E-state index contributed by atoms with van der Waals surface area (Å²) >= 11 is 0. The van der Waals surface area contributed by atoms with E-state index in [1.807, 2.05) is 13.0 Å². The van der Waals surface area contributed by atoms with Gasteiger partial charge < -0.3 is 5.11 Å². The summed E-state index contributed by atoms with van der Waals surface area (Å²) in [6.45, 7) is 6.25. The summed E-state index contributed by atoms with van der Waals surface area (Å²) in [5.74, 6) is 1.14. The van der Waals surface area contributed by atoms with Crippen LogP contribution in [0.3, 0.4) is 0 Å². The maximum Gasteiger partial charge on any atom is 0.240 e. The Morgan fingerprint density at radius 1 is 1.24 bits per heavy atom. The van der Waals surface area contributed by atoms with E-state index in [9.17, 15) is 13.5 Å². The number of benzene rings is 1. The lowest BCUT2D eigenvalue weighted by Gasteiger charge is -2.15. The van der Waals surface area contributed by atoms with Crippen LogP contribution in [0.4, 0.5) is 0 Å². The predicted octanol–water partition coefficient (Wildman–Crippen LogP) is 2.51. The molecular weight excluding hydrogens is 286 g/mol. The van der Waals surface area contributed by atoms with Crippen molar-refractivity contribution in [1.29, 1.82) is 0 Å². The first-order valence-corrected chi connectivity index (χ1v) is 9.02. The Morgan fingerprint density at radius 2 is 1.95 bits per heavy atom. The summed E-state index contributed by atoms with van der Waals surface area (Å²) in [5, 5.41) is 9.32. The highest BCUT2D eigenvalue weighted by atomic mass is 32.2. The molecule has 2 atom stereocenters. The van der Waals surface area contributed by atoms with Crippen molar-refractivity contribution >= 4 is 10.0 Å². The van der Waals surface area contributed by atoms with Crippen molar-refractivity contribution in [3.05, 3.63) is 28.8 Å². The number of aliphatic hydroxyl groups excluding tert-OH is 1. The van der Waals surface area contributed by atoms with Crippen LogP contribution in [0.2, 0.25) is 0 Å². The van der Waals surface area contributed by atoms with Crippen LogP contribution in [-0.2, 0) is 16.6 Å². The second-order valence-corrected chi connectivity index (χ2v) is 8.07. The summed E-state index contributed by atoms with van der Waals surface area (Å²) in [6, 6.07) is 3.40. The van der Waals surface area contributed by atoms with E-state index in [0.717, 1.165) is 24.0 Å². The van der Waals surface area contributed by atoms with Gasteiger partial charge in [-0.05, 0) is 61.3 Å². The fourth-order valence-electron chi connectivity index (χ4n) is 3.15. The zero-order valence-electron chi connectivity index (χ0n) is 13.0. The van der Waals surface area contributed by atoms with Crippen LogP contribution < -0.4 is 4.72 Å². The van der Waals surface area contributed by atoms with Gasteiger partial charge in [0.2, 0.25) is 10.0 Å². The minimum Gasteiger partial charge on any atom is -0.392 e. The number of sulfonamides is 1. The molecule has 1 fully saturated rings. The molecule has 0 saturated heterocycles. The first-order chi connectivity index (χ1) is 9.83. The van der Waals surface area contributed by atoms with Crippen LogP contribution in [0, 0.1) is 25.7 Å². The third-order valence-electron chi connectivity index (χ3n) is 4.46. The van der Waals surface area contributed by atoms with Gasteiger partial charge in [0.1, 0.15) is 0 Å². The molecule has 0 aromatic heterocycles. The summed E-state index contributed by atoms with van der Waals surface area (Å²) in [7, 11) is -3.51. The second kappa shape index (κ2) is 6.46. The van der Waals surface area contributed by atoms with Gasteiger partial charge in [0.25, 0.3) is 0 Å². The van der Waals surface area contributed by atoms with Crippen LogP contribution >= 0.6 is 0 Å². The van der Waals surface area contributed by atoms with Crippen LogP contribution in [0.5, 0.6) is 0 Å². The fourth-order valence-corrected chi connectivity index (χ4v) is 4.54. The van der Waals surface area contributed by atoms with Gasteiger partial charge >= 0.3 is 0 Å². The van der Waals surface area contributed by atoms with E-state index in [0.29, 0.717) is 23.9 Å². The van der Waals surface area contributed by atoms with E-state index in [4.69, 9.17) is 0 Å². The van der Waals surface area contributed by atoms with Gasteiger partial charge in [0.15, 0.2) is 0 Å². The molecule has 2 rings (SSSR count). The molecule has 0 aliphatic heterocycles. The molecule has 0 heterocycles. The zero-order valence-corrected chi connectivity index (χ0v) is 13.8. The number of hydrogen-bond acceptors (Lipinski definition) is 3. The molecule has 5 heteroatoms. The first kappa shape index (κ1) is 16.5. The highest BCUT2D eigenvalue weighted by Gasteiger charge is 2.24. The monoisotopic (exact) mass is 311 g/mol. The Kier molecular flexibility index (Phi) is 5.07. The number of aliphatic hydroxyl groups is 1. The summed E-state index contributed by atoms with van der Waals surface area (Å²) in [6.07, 6.45) is 3.38. The van der Waals surface area contributed by atoms with E-state index >= 15 is 0 Å². The lowest BCUT2D eigenvalue weighted by Crippen LogP contribution is -2.29. The third-order valence-corrected chi connectivity index (χ3v) is 6.02. The maximum atomic E-state index is 12.5. The molecule has 0 amide bonds. The molecule has 1 saturated carbocycles. The van der Waals surface area contributed by atoms with Crippen molar-refractivity contribution in [1.82, 2.24) is 4.72 Å². The molecule has 118 valence electrons. The topological polar surface area (TPSA) is 66.4 Å². The van der Waals surface area contributed by atoms with E-state index in [1.165, 1.54) is 6.42 Å². The zero-order chi connectivity index (χ0) is 15.6. The molecular formula is C16H25NO3S. The lowest BCUT2D eigenvalue weighted by atomic mass is 10.1. The Balaban J connectivity index is 2.15. The highest BCUT2D eigenvalue weighted by molar-refractivity contribution is 7.89. The van der Waals surface area contributed by atoms with Crippen LogP contribution in [-0.4, -0.2) is 20.1 Å². The molecule has 1 aliphatic carbocycles. The van der Waals surface area contributed by atoms with Crippen molar-refractivity contribution in [2.45, 2.75) is 51.5 Å². The van der Waals surface area contributed by atoms with Gasteiger partial charge in [-0.25, -0.2) is 13.1 Å². The molecule has 1 aromatic rings. The molecule has 21 heavy (non-hydrogen) atoms. The first-order valence-electron chi connectivity index (χ1n) is 7.54. The van der Waals surface area contributed by atoms with Gasteiger partial charge in [-0.2, -0.15) is 0 Å². The minimum absolute atomic E-state index is 0.144. The molecule has 2 N–H and O–H groups in total. The van der Waals surface area contributed by atoms with Crippen molar-refractivity contribution in [2.24, 2.45) is 11.8 Å². The smallest absolute Gasteiger partial charge is 0.240 e. The van der Waals surface area contributed by atoms with E-state index in [2.05, 4.69) is 11.6 Å². The van der Waals surface area contributed by atoms with Gasteiger partial charge in [0.05, 0.1) is 11.5 Å². The fraction of sp³-hybridized carbons (Fsp3) is 0.625. The third kappa shape index (κ3) is 3.84. The molecule has 2 unspecified atom stereocenters. The van der Waals surface area contributed by atoms with Crippen LogP contribution in [0.15, 0.2) is 17.0 Å². The lowest BCUT2D eigenvalue weighted by molar-refractivity contribution is 0.280. The van der Waals surface area contributed by atoms with Crippen LogP contribution in [0.1, 0.15) is 42.9 Å². The summed E-state index contributed by atoms with van der Waals surface area (Å²) in [5.41, 5.74) is 2.30. The second-order valence-electron chi connectivity index (χ2n) is 6.34. The Morgan fingerprint density at radius 3 is 2.52 bits per heavy atom. The Hall–Kier alpha value is -0.910. The van der Waals surface area contributed by atoms with Gasteiger partial charge in [-0.1, -0.05) is 19.4 Å². The molecule has 1 aliphatic rings. The quantitative estimate of drug-likeness (QED) is 0.878.